The number of nitrogens with one attached hydrogen (secondary N) is 2. The van der Waals surface area contributed by atoms with Gasteiger partial charge in [0.1, 0.15) is 35.1 Å². The molecule has 1 aromatic heterocycles. The van der Waals surface area contributed by atoms with Gasteiger partial charge in [0.25, 0.3) is 0 Å². The Morgan fingerprint density at radius 1 is 1.14 bits per heavy atom. The highest BCUT2D eigenvalue weighted by Gasteiger charge is 2.61. The molecule has 11 heteroatoms. The Hall–Kier alpha value is -4.15. The van der Waals surface area contributed by atoms with E-state index in [1.54, 1.807) is 53.8 Å². The van der Waals surface area contributed by atoms with Crippen LogP contribution < -0.4 is 15.4 Å². The minimum absolute atomic E-state index is 0.0428. The molecule has 2 aromatic rings. The Labute approximate surface area is 245 Å². The molecule has 2 heterocycles. The van der Waals surface area contributed by atoms with E-state index in [4.69, 9.17) is 9.47 Å². The number of carbonyl (C=O) groups excluding carboxylic acids is 3. The van der Waals surface area contributed by atoms with Gasteiger partial charge in [0.15, 0.2) is 0 Å². The first kappa shape index (κ1) is 30.8. The zero-order chi connectivity index (χ0) is 31.0. The van der Waals surface area contributed by atoms with Gasteiger partial charge in [-0.2, -0.15) is 0 Å². The molecule has 4 rings (SSSR count). The molecule has 1 aromatic carbocycles. The maximum atomic E-state index is 14.1. The molecule has 1 unspecified atom stereocenters. The average Bonchev–Trinajstić information content (AvgIpc) is 3.45. The first-order valence-corrected chi connectivity index (χ1v) is 14.0. The lowest BCUT2D eigenvalue weighted by molar-refractivity contribution is -0.146. The van der Waals surface area contributed by atoms with Gasteiger partial charge < -0.3 is 30.1 Å². The molecule has 2 aliphatic rings. The van der Waals surface area contributed by atoms with Crippen molar-refractivity contribution in [2.75, 3.05) is 6.54 Å². The van der Waals surface area contributed by atoms with Crippen molar-refractivity contribution >= 4 is 34.8 Å². The lowest BCUT2D eigenvalue weighted by Gasteiger charge is -2.35. The van der Waals surface area contributed by atoms with Crippen molar-refractivity contribution in [3.8, 4) is 5.75 Å². The molecule has 1 saturated carbocycles. The van der Waals surface area contributed by atoms with Crippen LogP contribution in [0.15, 0.2) is 49.2 Å². The van der Waals surface area contributed by atoms with E-state index >= 15 is 0 Å². The molecule has 2 fully saturated rings. The van der Waals surface area contributed by atoms with Crippen molar-refractivity contribution in [3.63, 3.8) is 0 Å². The standard InChI is InChI=1S/C31H40N4O7/c1-8-18-16-31(18,27(38)39)34-25(36)22-15-19(41-23-13-14-32-21-12-10-9-11-20(21)23)17-35(22)26(37)24(29(2,3)4)33-28(40)42-30(5,6)7/h8-14,18-19,22,24H,1,15-17H2,2-7H3,(H,33,40)(H,34,36)(H,38,39)/t18?,19-,22+,24-,31-/m1/s1. The number of pyridine rings is 1. The number of fused-ring (bicyclic) bond motifs is 1. The Balaban J connectivity index is 1.64. The van der Waals surface area contributed by atoms with Crippen molar-refractivity contribution < 1.29 is 33.8 Å². The van der Waals surface area contributed by atoms with Crippen LogP contribution in [0.25, 0.3) is 10.9 Å². The Kier molecular flexibility index (Phi) is 8.26. The van der Waals surface area contributed by atoms with Gasteiger partial charge in [-0.15, -0.1) is 6.58 Å². The number of alkyl carbamates (subject to hydrolysis) is 1. The lowest BCUT2D eigenvalue weighted by atomic mass is 9.85. The second-order valence-corrected chi connectivity index (χ2v) is 13.1. The van der Waals surface area contributed by atoms with E-state index in [0.29, 0.717) is 5.75 Å². The van der Waals surface area contributed by atoms with E-state index in [1.165, 1.54) is 11.0 Å². The van der Waals surface area contributed by atoms with Crippen molar-refractivity contribution in [2.24, 2.45) is 11.3 Å². The Morgan fingerprint density at radius 2 is 1.83 bits per heavy atom. The van der Waals surface area contributed by atoms with E-state index in [9.17, 15) is 24.3 Å². The summed E-state index contributed by atoms with van der Waals surface area (Å²) in [7, 11) is 0. The number of para-hydroxylation sites is 1. The molecule has 1 saturated heterocycles. The molecule has 5 atom stereocenters. The third-order valence-corrected chi connectivity index (χ3v) is 7.55. The number of nitrogens with zero attached hydrogens (tertiary/aromatic N) is 2. The van der Waals surface area contributed by atoms with Crippen LogP contribution in [0.4, 0.5) is 4.79 Å². The highest BCUT2D eigenvalue weighted by Crippen LogP contribution is 2.45. The first-order chi connectivity index (χ1) is 19.6. The number of aliphatic carboxylic acids is 1. The van der Waals surface area contributed by atoms with Crippen molar-refractivity contribution in [1.29, 1.82) is 0 Å². The van der Waals surface area contributed by atoms with E-state index in [2.05, 4.69) is 22.2 Å². The summed E-state index contributed by atoms with van der Waals surface area (Å²) in [6.07, 6.45) is 2.11. The Morgan fingerprint density at radius 3 is 2.43 bits per heavy atom. The van der Waals surface area contributed by atoms with E-state index < -0.39 is 64.5 Å². The molecule has 11 nitrogen and oxygen atoms in total. The quantitative estimate of drug-likeness (QED) is 0.401. The van der Waals surface area contributed by atoms with Gasteiger partial charge in [-0.25, -0.2) is 9.59 Å². The van der Waals surface area contributed by atoms with Crippen molar-refractivity contribution in [3.05, 3.63) is 49.2 Å². The fraction of sp³-hybridized carbons (Fsp3) is 0.516. The number of hydrogen-bond donors (Lipinski definition) is 3. The third kappa shape index (κ3) is 6.50. The van der Waals surface area contributed by atoms with E-state index in [1.807, 2.05) is 24.3 Å². The van der Waals surface area contributed by atoms with Gasteiger partial charge in [0.2, 0.25) is 11.8 Å². The predicted octanol–water partition coefficient (Wildman–Crippen LogP) is 3.67. The van der Waals surface area contributed by atoms with Gasteiger partial charge in [-0.05, 0) is 50.8 Å². The maximum Gasteiger partial charge on any atom is 0.408 e. The fourth-order valence-electron chi connectivity index (χ4n) is 5.29. The number of amides is 3. The van der Waals surface area contributed by atoms with Crippen LogP contribution in [0.3, 0.4) is 0 Å². The summed E-state index contributed by atoms with van der Waals surface area (Å²) in [6, 6.07) is 7.11. The minimum atomic E-state index is -1.47. The molecule has 1 aliphatic heterocycles. The topological polar surface area (TPSA) is 147 Å². The first-order valence-electron chi connectivity index (χ1n) is 14.0. The number of carboxylic acids is 1. The monoisotopic (exact) mass is 580 g/mol. The molecule has 0 bridgehead atoms. The second-order valence-electron chi connectivity index (χ2n) is 13.1. The number of ether oxygens (including phenoxy) is 2. The summed E-state index contributed by atoms with van der Waals surface area (Å²) in [5, 5.41) is 16.0. The van der Waals surface area contributed by atoms with Gasteiger partial charge in [-0.3, -0.25) is 14.6 Å². The smallest absolute Gasteiger partial charge is 0.408 e. The van der Waals surface area contributed by atoms with E-state index in [0.717, 1.165) is 10.9 Å². The highest BCUT2D eigenvalue weighted by molar-refractivity contribution is 5.96. The van der Waals surface area contributed by atoms with Crippen LogP contribution in [0.2, 0.25) is 0 Å². The molecule has 226 valence electrons. The van der Waals surface area contributed by atoms with Gasteiger partial charge >= 0.3 is 12.1 Å². The van der Waals surface area contributed by atoms with E-state index in [-0.39, 0.29) is 19.4 Å². The molecule has 3 amide bonds. The summed E-state index contributed by atoms with van der Waals surface area (Å²) < 4.78 is 11.7. The highest BCUT2D eigenvalue weighted by atomic mass is 16.6. The molecular weight excluding hydrogens is 540 g/mol. The SMILES string of the molecule is C=CC1C[C@]1(NC(=O)[C@@H]1C[C@@H](Oc2ccnc3ccccc23)CN1C(=O)[C@@H](NC(=O)OC(C)(C)C)C(C)(C)C)C(=O)O. The van der Waals surface area contributed by atoms with Crippen LogP contribution in [0.5, 0.6) is 5.75 Å². The summed E-state index contributed by atoms with van der Waals surface area (Å²) in [4.78, 5) is 58.4. The normalized spacial score (nSPS) is 24.4. The van der Waals surface area contributed by atoms with Crippen LogP contribution in [0, 0.1) is 11.3 Å². The minimum Gasteiger partial charge on any atom is -0.488 e. The zero-order valence-electron chi connectivity index (χ0n) is 25.0. The number of hydrogen-bond acceptors (Lipinski definition) is 7. The summed E-state index contributed by atoms with van der Waals surface area (Å²) in [5.74, 6) is -2.14. The number of aromatic nitrogens is 1. The summed E-state index contributed by atoms with van der Waals surface area (Å²) in [6.45, 7) is 14.3. The summed E-state index contributed by atoms with van der Waals surface area (Å²) >= 11 is 0. The van der Waals surface area contributed by atoms with Gasteiger partial charge in [-0.1, -0.05) is 39.0 Å². The largest absolute Gasteiger partial charge is 0.488 e. The number of rotatable bonds is 8. The number of benzene rings is 1. The molecule has 3 N–H and O–H groups in total. The molecule has 0 radical (unpaired) electrons. The average molecular weight is 581 g/mol. The Bertz CT molecular complexity index is 1390. The molecular formula is C31H40N4O7. The third-order valence-electron chi connectivity index (χ3n) is 7.55. The zero-order valence-corrected chi connectivity index (χ0v) is 25.0. The number of carboxylic acid groups (broad SMARTS) is 1. The second kappa shape index (κ2) is 11.3. The van der Waals surface area contributed by atoms with Crippen molar-refractivity contribution in [1.82, 2.24) is 20.5 Å². The fourth-order valence-corrected chi connectivity index (χ4v) is 5.29. The van der Waals surface area contributed by atoms with Gasteiger partial charge in [0, 0.05) is 23.9 Å². The van der Waals surface area contributed by atoms with Crippen LogP contribution in [-0.4, -0.2) is 74.7 Å². The molecule has 42 heavy (non-hydrogen) atoms. The van der Waals surface area contributed by atoms with Gasteiger partial charge in [0.05, 0.1) is 12.1 Å². The summed E-state index contributed by atoms with van der Waals surface area (Å²) in [5.41, 5.74) is -2.26. The van der Waals surface area contributed by atoms with Crippen LogP contribution in [-0.2, 0) is 19.1 Å². The number of carbonyl (C=O) groups is 4. The van der Waals surface area contributed by atoms with Crippen LogP contribution in [0.1, 0.15) is 54.4 Å². The number of likely N-dealkylation sites (tertiary alicyclic amines) is 1. The van der Waals surface area contributed by atoms with Crippen molar-refractivity contribution in [2.45, 2.75) is 83.7 Å². The molecule has 1 aliphatic carbocycles. The predicted molar refractivity (Wildman–Crippen MR) is 156 cm³/mol. The lowest BCUT2D eigenvalue weighted by Crippen LogP contribution is -2.59. The molecule has 0 spiro atoms. The van der Waals surface area contributed by atoms with Crippen LogP contribution >= 0.6 is 0 Å². The maximum absolute atomic E-state index is 14.1.